The number of hydrogen-bond acceptors (Lipinski definition) is 9. The molecule has 2 fully saturated rings. The van der Waals surface area contributed by atoms with Crippen molar-refractivity contribution in [2.24, 2.45) is 23.7 Å². The molecule has 0 bridgehead atoms. The maximum atomic E-state index is 13.3. The fourth-order valence-corrected chi connectivity index (χ4v) is 8.20. The first-order valence-corrected chi connectivity index (χ1v) is 16.4. The molecule has 5 N–H and O–H groups in total. The number of amides is 3. The highest BCUT2D eigenvalue weighted by Gasteiger charge is 2.34. The molecule has 12 nitrogen and oxygen atoms in total. The highest BCUT2D eigenvalue weighted by Crippen LogP contribution is 2.39. The van der Waals surface area contributed by atoms with Gasteiger partial charge >= 0.3 is 0 Å². The van der Waals surface area contributed by atoms with Gasteiger partial charge in [0.1, 0.15) is 0 Å². The van der Waals surface area contributed by atoms with E-state index in [9.17, 15) is 19.5 Å². The first-order valence-electron chi connectivity index (χ1n) is 13.2. The van der Waals surface area contributed by atoms with Crippen LogP contribution in [0, 0.1) is 34.4 Å². The van der Waals surface area contributed by atoms with Crippen molar-refractivity contribution in [2.45, 2.75) is 46.4 Å². The third-order valence-electron chi connectivity index (χ3n) is 6.43. The van der Waals surface area contributed by atoms with Gasteiger partial charge in [-0.05, 0) is 67.8 Å². The van der Waals surface area contributed by atoms with Crippen molar-refractivity contribution in [1.29, 1.82) is 0 Å². The number of anilines is 2. The molecule has 0 radical (unpaired) electrons. The third kappa shape index (κ3) is 9.05. The summed E-state index contributed by atoms with van der Waals surface area (Å²) in [5.74, 6) is -2.10. The minimum absolute atomic E-state index is 0.143. The van der Waals surface area contributed by atoms with E-state index in [0.717, 1.165) is 0 Å². The van der Waals surface area contributed by atoms with Gasteiger partial charge in [-0.25, -0.2) is 0 Å². The quantitative estimate of drug-likeness (QED) is 0.222. The first kappa shape index (κ1) is 35.1. The van der Waals surface area contributed by atoms with Crippen LogP contribution in [0.25, 0.3) is 0 Å². The van der Waals surface area contributed by atoms with Crippen LogP contribution in [0.2, 0.25) is 0 Å². The number of aliphatic hydroxyl groups excluding tert-OH is 2. The zero-order valence-electron chi connectivity index (χ0n) is 23.2. The predicted molar refractivity (Wildman–Crippen MR) is 175 cm³/mol. The van der Waals surface area contributed by atoms with Crippen molar-refractivity contribution < 1.29 is 43.5 Å². The SMILES string of the molecule is CC(C)C1OCC(C(=O)Nc2c(I)c(NC(=O)C3COC(C(C)C)OC3)c(I)c(C(=O)NCC(O)CO)c2I)CO1. The van der Waals surface area contributed by atoms with Crippen molar-refractivity contribution in [3.8, 4) is 0 Å². The Morgan fingerprint density at radius 3 is 1.51 bits per heavy atom. The van der Waals surface area contributed by atoms with Crippen LogP contribution in [-0.4, -0.2) is 86.2 Å². The lowest BCUT2D eigenvalue weighted by Gasteiger charge is -2.31. The maximum Gasteiger partial charge on any atom is 0.253 e. The van der Waals surface area contributed by atoms with Gasteiger partial charge in [0.05, 0.1) is 78.6 Å². The van der Waals surface area contributed by atoms with E-state index in [-0.39, 0.29) is 74.8 Å². The van der Waals surface area contributed by atoms with Gasteiger partial charge in [0.25, 0.3) is 5.91 Å². The molecule has 1 unspecified atom stereocenters. The number of aliphatic hydroxyl groups is 2. The van der Waals surface area contributed by atoms with Crippen LogP contribution >= 0.6 is 67.8 Å². The van der Waals surface area contributed by atoms with Crippen molar-refractivity contribution >= 4 is 96.9 Å². The van der Waals surface area contributed by atoms with Crippen molar-refractivity contribution in [1.82, 2.24) is 5.32 Å². The molecule has 1 aromatic rings. The topological polar surface area (TPSA) is 165 Å². The number of carbonyl (C=O) groups excluding carboxylic acids is 3. The summed E-state index contributed by atoms with van der Waals surface area (Å²) in [5, 5.41) is 27.3. The van der Waals surface area contributed by atoms with E-state index < -0.39 is 30.5 Å². The zero-order valence-corrected chi connectivity index (χ0v) is 29.6. The monoisotopic (exact) mass is 915 g/mol. The molecule has 41 heavy (non-hydrogen) atoms. The molecule has 2 aliphatic heterocycles. The van der Waals surface area contributed by atoms with E-state index in [0.29, 0.717) is 22.1 Å². The molecule has 2 aliphatic rings. The van der Waals surface area contributed by atoms with Gasteiger partial charge in [-0.15, -0.1) is 0 Å². The second kappa shape index (κ2) is 16.1. The maximum absolute atomic E-state index is 13.3. The molecule has 3 rings (SSSR count). The first-order chi connectivity index (χ1) is 19.3. The molecule has 230 valence electrons. The second-order valence-corrected chi connectivity index (χ2v) is 13.8. The fraction of sp³-hybridized carbons (Fsp3) is 0.654. The van der Waals surface area contributed by atoms with Gasteiger partial charge < -0.3 is 45.1 Å². The normalized spacial score (nSPS) is 23.8. The van der Waals surface area contributed by atoms with Crippen LogP contribution in [0.5, 0.6) is 0 Å². The predicted octanol–water partition coefficient (Wildman–Crippen LogP) is 2.75. The van der Waals surface area contributed by atoms with Crippen molar-refractivity contribution in [3.63, 3.8) is 0 Å². The molecule has 1 atom stereocenters. The smallest absolute Gasteiger partial charge is 0.253 e. The Morgan fingerprint density at radius 2 is 1.17 bits per heavy atom. The second-order valence-electron chi connectivity index (χ2n) is 10.5. The van der Waals surface area contributed by atoms with E-state index in [4.69, 9.17) is 24.1 Å². The fourth-order valence-electron chi connectivity index (χ4n) is 4.01. The van der Waals surface area contributed by atoms with Crippen LogP contribution in [0.4, 0.5) is 11.4 Å². The van der Waals surface area contributed by atoms with Crippen molar-refractivity contribution in [3.05, 3.63) is 16.3 Å². The summed E-state index contributed by atoms with van der Waals surface area (Å²) in [6.45, 7) is 7.91. The number of nitrogens with one attached hydrogen (secondary N) is 3. The number of rotatable bonds is 10. The summed E-state index contributed by atoms with van der Waals surface area (Å²) < 4.78 is 24.2. The van der Waals surface area contributed by atoms with Gasteiger partial charge in [-0.1, -0.05) is 27.7 Å². The van der Waals surface area contributed by atoms with E-state index in [1.807, 2.05) is 95.5 Å². The van der Waals surface area contributed by atoms with Crippen LogP contribution in [0.1, 0.15) is 38.1 Å². The molecule has 0 aromatic heterocycles. The van der Waals surface area contributed by atoms with Crippen molar-refractivity contribution in [2.75, 3.05) is 50.2 Å². The Kier molecular flexibility index (Phi) is 13.7. The molecule has 0 saturated carbocycles. The summed E-state index contributed by atoms with van der Waals surface area (Å²) in [6.07, 6.45) is -1.90. The van der Waals surface area contributed by atoms with Crippen LogP contribution in [0.15, 0.2) is 0 Å². The van der Waals surface area contributed by atoms with E-state index in [2.05, 4.69) is 16.0 Å². The lowest BCUT2D eigenvalue weighted by molar-refractivity contribution is -0.217. The average Bonchev–Trinajstić information content (AvgIpc) is 2.96. The summed E-state index contributed by atoms with van der Waals surface area (Å²) in [7, 11) is 0. The van der Waals surface area contributed by atoms with E-state index >= 15 is 0 Å². The van der Waals surface area contributed by atoms with Gasteiger partial charge in [0, 0.05) is 18.4 Å². The molecule has 15 heteroatoms. The summed E-state index contributed by atoms with van der Waals surface area (Å²) >= 11 is 5.99. The Morgan fingerprint density at radius 1 is 0.780 bits per heavy atom. The number of ether oxygens (including phenoxy) is 4. The minimum Gasteiger partial charge on any atom is -0.394 e. The molecule has 1 aromatic carbocycles. The summed E-state index contributed by atoms with van der Waals surface area (Å²) in [6, 6.07) is 0. The Labute approximate surface area is 280 Å². The summed E-state index contributed by atoms with van der Waals surface area (Å²) in [4.78, 5) is 39.8. The molecular weight excluding hydrogens is 879 g/mol. The molecule has 2 saturated heterocycles. The van der Waals surface area contributed by atoms with Crippen LogP contribution in [-0.2, 0) is 28.5 Å². The van der Waals surface area contributed by atoms with Gasteiger partial charge in [-0.3, -0.25) is 14.4 Å². The highest BCUT2D eigenvalue weighted by molar-refractivity contribution is 14.1. The molecule has 0 aliphatic carbocycles. The number of halogens is 3. The van der Waals surface area contributed by atoms with Gasteiger partial charge in [0.2, 0.25) is 11.8 Å². The van der Waals surface area contributed by atoms with E-state index in [1.54, 1.807) is 0 Å². The number of benzene rings is 1. The third-order valence-corrected chi connectivity index (χ3v) is 9.66. The van der Waals surface area contributed by atoms with Crippen LogP contribution in [0.3, 0.4) is 0 Å². The van der Waals surface area contributed by atoms with Gasteiger partial charge in [0.15, 0.2) is 12.6 Å². The Hall–Kier alpha value is -0.420. The molecule has 0 spiro atoms. The Balaban J connectivity index is 1.90. The molecular formula is C26H36I3N3O9. The largest absolute Gasteiger partial charge is 0.394 e. The van der Waals surface area contributed by atoms with E-state index in [1.165, 1.54) is 0 Å². The summed E-state index contributed by atoms with van der Waals surface area (Å²) in [5.41, 5.74) is 0.901. The Bertz CT molecular complexity index is 1040. The number of carbonyl (C=O) groups is 3. The zero-order chi connectivity index (χ0) is 30.4. The van der Waals surface area contributed by atoms with Crippen LogP contribution < -0.4 is 16.0 Å². The average molecular weight is 915 g/mol. The van der Waals surface area contributed by atoms with Gasteiger partial charge in [-0.2, -0.15) is 0 Å². The minimum atomic E-state index is -1.14. The lowest BCUT2D eigenvalue weighted by Crippen LogP contribution is -2.41. The standard InChI is InChI=1S/C26H36I3N3O9/c1-11(2)25-38-7-13(8-39-25)22(35)31-20-17(27)16(24(37)30-5-15(34)6-33)18(28)21(19(20)29)32-23(36)14-9-40-26(12(3)4)41-10-14/h11-15,25-26,33-34H,5-10H2,1-4H3,(H,30,37)(H,31,35)(H,32,36). The molecule has 3 amide bonds. The lowest BCUT2D eigenvalue weighted by atomic mass is 10.1. The number of hydrogen-bond donors (Lipinski definition) is 5. The molecule has 2 heterocycles. The highest BCUT2D eigenvalue weighted by atomic mass is 127.